The van der Waals surface area contributed by atoms with Crippen LogP contribution in [0.2, 0.25) is 0 Å². The molecule has 0 aliphatic heterocycles. The molecule has 0 N–H and O–H groups in total. The molecule has 1 rings (SSSR count). The Bertz CT molecular complexity index is 537. The van der Waals surface area contributed by atoms with Gasteiger partial charge in [-0.1, -0.05) is 12.1 Å². The molecule has 0 amide bonds. The number of nitrogens with zero attached hydrogens (tertiary/aromatic N) is 2. The Balaban J connectivity index is 3.01. The molecule has 0 saturated carbocycles. The lowest BCUT2D eigenvalue weighted by molar-refractivity contribution is -0.131. The maximum atomic E-state index is 11.1. The van der Waals surface area contributed by atoms with Gasteiger partial charge in [-0.25, -0.2) is 9.34 Å². The lowest BCUT2D eigenvalue weighted by atomic mass is 10.2. The number of ether oxygens (including phenoxy) is 1. The van der Waals surface area contributed by atoms with E-state index in [9.17, 15) is 4.79 Å². The van der Waals surface area contributed by atoms with E-state index in [4.69, 9.17) is 9.26 Å². The normalized spacial score (nSPS) is 12.4. The van der Waals surface area contributed by atoms with E-state index in [1.165, 1.54) is 6.92 Å². The van der Waals surface area contributed by atoms with Crippen LogP contribution < -0.4 is 4.74 Å². The fourth-order valence-corrected chi connectivity index (χ4v) is 5.54. The molecule has 0 atom stereocenters. The van der Waals surface area contributed by atoms with Gasteiger partial charge in [0.1, 0.15) is 5.75 Å². The average molecular weight is 397 g/mol. The molecule has 5 nitrogen and oxygen atoms in total. The van der Waals surface area contributed by atoms with Crippen molar-refractivity contribution in [3.8, 4) is 5.75 Å². The molecule has 0 spiro atoms. The Kier molecular flexibility index (Phi) is 9.89. The van der Waals surface area contributed by atoms with Crippen LogP contribution in [0.3, 0.4) is 0 Å². The fraction of sp³-hybridized carbons (Fsp3) is 0.667. The third kappa shape index (κ3) is 7.50. The highest BCUT2D eigenvalue weighted by Gasteiger charge is 2.34. The number of rotatable bonds is 10. The van der Waals surface area contributed by atoms with Crippen LogP contribution in [0.5, 0.6) is 5.75 Å². The smallest absolute Gasteiger partial charge is 0.308 e. The average Bonchev–Trinajstić information content (AvgIpc) is 2.51. The van der Waals surface area contributed by atoms with Crippen LogP contribution in [-0.2, 0) is 15.9 Å². The third-order valence-corrected chi connectivity index (χ3v) is 7.04. The Morgan fingerprint density at radius 2 is 1.26 bits per heavy atom. The summed E-state index contributed by atoms with van der Waals surface area (Å²) in [5.41, 5.74) is 1.07. The summed E-state index contributed by atoms with van der Waals surface area (Å²) in [6.45, 7) is 19.8. The van der Waals surface area contributed by atoms with E-state index in [0.29, 0.717) is 36.5 Å². The van der Waals surface area contributed by atoms with Crippen molar-refractivity contribution in [1.29, 1.82) is 0 Å². The Morgan fingerprint density at radius 1 is 0.852 bits per heavy atom. The summed E-state index contributed by atoms with van der Waals surface area (Å²) >= 11 is 0. The molecule has 0 radical (unpaired) electrons. The predicted octanol–water partition coefficient (Wildman–Crippen LogP) is 5.59. The number of hydrogen-bond acceptors (Lipinski definition) is 5. The molecule has 6 heteroatoms. The van der Waals surface area contributed by atoms with Gasteiger partial charge in [-0.2, -0.15) is 0 Å². The van der Waals surface area contributed by atoms with Crippen LogP contribution in [0, 0.1) is 0 Å². The van der Waals surface area contributed by atoms with Crippen LogP contribution in [0.4, 0.5) is 0 Å². The molecule has 0 fully saturated rings. The van der Waals surface area contributed by atoms with Crippen LogP contribution >= 0.6 is 8.45 Å². The maximum Gasteiger partial charge on any atom is 0.308 e. The summed E-state index contributed by atoms with van der Waals surface area (Å²) in [7, 11) is -0.909. The van der Waals surface area contributed by atoms with Gasteiger partial charge < -0.3 is 9.26 Å². The predicted molar refractivity (Wildman–Crippen MR) is 114 cm³/mol. The van der Waals surface area contributed by atoms with Gasteiger partial charge in [0.2, 0.25) is 0 Å². The molecule has 1 aromatic carbocycles. The molecule has 0 bridgehead atoms. The monoisotopic (exact) mass is 396 g/mol. The Labute approximate surface area is 167 Å². The van der Waals surface area contributed by atoms with E-state index in [1.54, 1.807) is 0 Å². The van der Waals surface area contributed by atoms with Crippen LogP contribution in [0.1, 0.15) is 67.9 Å². The number of esters is 1. The lowest BCUT2D eigenvalue weighted by Gasteiger charge is -2.45. The maximum absolute atomic E-state index is 11.1. The van der Waals surface area contributed by atoms with Crippen molar-refractivity contribution in [2.24, 2.45) is 0 Å². The Hall–Kier alpha value is -1.00. The number of carbonyl (C=O) groups excluding carboxylic acids is 1. The molecule has 0 aromatic heterocycles. The zero-order valence-electron chi connectivity index (χ0n) is 18.4. The first-order valence-corrected chi connectivity index (χ1v) is 11.0. The molecule has 0 aliphatic carbocycles. The fourth-order valence-electron chi connectivity index (χ4n) is 3.19. The van der Waals surface area contributed by atoms with E-state index in [1.807, 2.05) is 24.3 Å². The summed E-state index contributed by atoms with van der Waals surface area (Å²) in [5, 5.41) is 0. The molecule has 0 unspecified atom stereocenters. The van der Waals surface area contributed by atoms with Crippen molar-refractivity contribution >= 4 is 14.4 Å². The van der Waals surface area contributed by atoms with Crippen LogP contribution in [0.25, 0.3) is 0 Å². The van der Waals surface area contributed by atoms with Crippen molar-refractivity contribution in [1.82, 2.24) is 9.34 Å². The third-order valence-electron chi connectivity index (χ3n) is 4.04. The summed E-state index contributed by atoms with van der Waals surface area (Å²) < 4.78 is 16.6. The van der Waals surface area contributed by atoms with Crippen LogP contribution in [0.15, 0.2) is 24.3 Å². The van der Waals surface area contributed by atoms with E-state index in [-0.39, 0.29) is 5.97 Å². The van der Waals surface area contributed by atoms with Crippen molar-refractivity contribution in [2.75, 3.05) is 0 Å². The second-order valence-electron chi connectivity index (χ2n) is 7.90. The second kappa shape index (κ2) is 11.1. The quantitative estimate of drug-likeness (QED) is 0.293. The highest BCUT2D eigenvalue weighted by atomic mass is 31.2. The van der Waals surface area contributed by atoms with Crippen molar-refractivity contribution < 1.29 is 14.1 Å². The van der Waals surface area contributed by atoms with Crippen molar-refractivity contribution in [3.05, 3.63) is 29.8 Å². The van der Waals surface area contributed by atoms with Crippen molar-refractivity contribution in [3.63, 3.8) is 0 Å². The molecule has 27 heavy (non-hydrogen) atoms. The van der Waals surface area contributed by atoms with E-state index < -0.39 is 8.45 Å². The van der Waals surface area contributed by atoms with Gasteiger partial charge in [0, 0.05) is 31.1 Å². The standard InChI is InChI=1S/C21H37N2O3P/c1-15(2)22(16(3)4)27(23(17(5)6)18(7)8)25-14-20-10-12-21(13-11-20)26-19(9)24/h10-13,15-18H,14H2,1-9H3. The largest absolute Gasteiger partial charge is 0.427 e. The minimum atomic E-state index is -0.909. The van der Waals surface area contributed by atoms with Crippen molar-refractivity contribution in [2.45, 2.75) is 93.1 Å². The molecule has 1 aromatic rings. The number of benzene rings is 1. The molecule has 0 aliphatic rings. The van der Waals surface area contributed by atoms with E-state index in [0.717, 1.165) is 5.56 Å². The molecule has 0 saturated heterocycles. The van der Waals surface area contributed by atoms with Gasteiger partial charge in [-0.3, -0.25) is 4.79 Å². The topological polar surface area (TPSA) is 42.0 Å². The van der Waals surface area contributed by atoms with Gasteiger partial charge >= 0.3 is 5.97 Å². The summed E-state index contributed by atoms with van der Waals surface area (Å²) in [6, 6.07) is 9.10. The SMILES string of the molecule is CC(=O)Oc1ccc(COP(N(C(C)C)C(C)C)N(C(C)C)C(C)C)cc1. The second-order valence-corrected chi connectivity index (χ2v) is 9.59. The molecular formula is C21H37N2O3P. The zero-order valence-corrected chi connectivity index (χ0v) is 19.3. The zero-order chi connectivity index (χ0) is 20.7. The van der Waals surface area contributed by atoms with Gasteiger partial charge in [-0.05, 0) is 73.1 Å². The lowest BCUT2D eigenvalue weighted by Crippen LogP contribution is -2.43. The van der Waals surface area contributed by atoms with E-state index >= 15 is 0 Å². The first-order chi connectivity index (χ1) is 12.5. The minimum Gasteiger partial charge on any atom is -0.427 e. The summed E-state index contributed by atoms with van der Waals surface area (Å²) in [6.07, 6.45) is 0. The minimum absolute atomic E-state index is 0.309. The number of carbonyl (C=O) groups is 1. The highest BCUT2D eigenvalue weighted by Crippen LogP contribution is 2.51. The van der Waals surface area contributed by atoms with Crippen LogP contribution in [-0.4, -0.2) is 39.5 Å². The first kappa shape index (κ1) is 24.0. The summed E-state index contributed by atoms with van der Waals surface area (Å²) in [5.74, 6) is 0.252. The molecule has 0 heterocycles. The van der Waals surface area contributed by atoms with E-state index in [2.05, 4.69) is 64.7 Å². The van der Waals surface area contributed by atoms with Gasteiger partial charge in [-0.15, -0.1) is 0 Å². The molecule has 154 valence electrons. The van der Waals surface area contributed by atoms with Gasteiger partial charge in [0.15, 0.2) is 8.45 Å². The first-order valence-electron chi connectivity index (χ1n) is 9.81. The van der Waals surface area contributed by atoms with Gasteiger partial charge in [0.25, 0.3) is 0 Å². The molecular weight excluding hydrogens is 359 g/mol. The summed E-state index contributed by atoms with van der Waals surface area (Å²) in [4.78, 5) is 11.1. The van der Waals surface area contributed by atoms with Gasteiger partial charge in [0.05, 0.1) is 6.61 Å². The Morgan fingerprint density at radius 3 is 1.59 bits per heavy atom. The number of hydrogen-bond donors (Lipinski definition) is 0. The highest BCUT2D eigenvalue weighted by molar-refractivity contribution is 7.47.